The van der Waals surface area contributed by atoms with Crippen LogP contribution in [0.4, 0.5) is 0 Å². The normalized spacial score (nSPS) is 50.5. The average molecular weight is 331 g/mol. The first-order valence-corrected chi connectivity index (χ1v) is 9.89. The second-order valence-corrected chi connectivity index (χ2v) is 9.13. The van der Waals surface area contributed by atoms with Crippen LogP contribution in [0.2, 0.25) is 0 Å². The maximum Gasteiger partial charge on any atom is 0.0724 e. The summed E-state index contributed by atoms with van der Waals surface area (Å²) in [5.41, 5.74) is 4.02. The third-order valence-electron chi connectivity index (χ3n) is 8.26. The molecule has 0 amide bonds. The highest BCUT2D eigenvalue weighted by Gasteiger charge is 2.56. The van der Waals surface area contributed by atoms with Gasteiger partial charge in [0.15, 0.2) is 0 Å². The molecular weight excluding hydrogens is 296 g/mol. The second kappa shape index (κ2) is 5.69. The molecule has 0 aromatic rings. The van der Waals surface area contributed by atoms with Crippen LogP contribution in [0.5, 0.6) is 0 Å². The zero-order valence-corrected chi connectivity index (χ0v) is 15.7. The number of allylic oxidation sites excluding steroid dienone is 2. The van der Waals surface area contributed by atoms with Gasteiger partial charge in [-0.05, 0) is 75.4 Å². The summed E-state index contributed by atoms with van der Waals surface area (Å²) < 4.78 is 0. The van der Waals surface area contributed by atoms with Gasteiger partial charge in [0.2, 0.25) is 0 Å². The molecule has 7 atom stereocenters. The molecule has 4 aliphatic carbocycles. The van der Waals surface area contributed by atoms with Gasteiger partial charge in [0, 0.05) is 17.5 Å². The summed E-state index contributed by atoms with van der Waals surface area (Å²) in [6.45, 7) is 4.96. The van der Waals surface area contributed by atoms with Crippen LogP contribution in [-0.2, 0) is 0 Å². The number of likely N-dealkylation sites (N-methyl/N-ethyl adjacent to an activating group) is 1. The highest BCUT2D eigenvalue weighted by atomic mass is 16.3. The SMILES string of the molecule is CN[C@H]1C[C@@H]2CC(O)C=C[C@]2(C)C2=C1[C@@H]1CC[C@H](NC)[C@@]1(C)CC2. The maximum absolute atomic E-state index is 10.1. The maximum atomic E-state index is 10.1. The molecule has 1 unspecified atom stereocenters. The molecule has 1 saturated carbocycles. The van der Waals surface area contributed by atoms with E-state index in [2.05, 4.69) is 50.7 Å². The summed E-state index contributed by atoms with van der Waals surface area (Å²) in [6, 6.07) is 1.15. The summed E-state index contributed by atoms with van der Waals surface area (Å²) in [4.78, 5) is 0. The Morgan fingerprint density at radius 3 is 2.62 bits per heavy atom. The van der Waals surface area contributed by atoms with Gasteiger partial charge in [-0.15, -0.1) is 0 Å². The van der Waals surface area contributed by atoms with E-state index in [0.29, 0.717) is 29.3 Å². The van der Waals surface area contributed by atoms with Crippen LogP contribution >= 0.6 is 0 Å². The lowest BCUT2D eigenvalue weighted by molar-refractivity contribution is 0.0903. The van der Waals surface area contributed by atoms with Crippen LogP contribution in [0.1, 0.15) is 52.4 Å². The van der Waals surface area contributed by atoms with Crippen LogP contribution in [-0.4, -0.2) is 37.4 Å². The molecule has 0 bridgehead atoms. The van der Waals surface area contributed by atoms with E-state index in [9.17, 15) is 5.11 Å². The largest absolute Gasteiger partial charge is 0.389 e. The van der Waals surface area contributed by atoms with Gasteiger partial charge in [0.05, 0.1) is 6.10 Å². The van der Waals surface area contributed by atoms with Gasteiger partial charge in [0.1, 0.15) is 0 Å². The van der Waals surface area contributed by atoms with Crippen molar-refractivity contribution in [3.8, 4) is 0 Å². The molecule has 4 aliphatic rings. The van der Waals surface area contributed by atoms with Crippen molar-refractivity contribution < 1.29 is 5.11 Å². The molecule has 0 aliphatic heterocycles. The molecule has 134 valence electrons. The summed E-state index contributed by atoms with van der Waals surface area (Å²) >= 11 is 0. The lowest BCUT2D eigenvalue weighted by atomic mass is 9.52. The predicted molar refractivity (Wildman–Crippen MR) is 98.8 cm³/mol. The van der Waals surface area contributed by atoms with Gasteiger partial charge in [-0.2, -0.15) is 0 Å². The van der Waals surface area contributed by atoms with E-state index < -0.39 is 0 Å². The third kappa shape index (κ3) is 2.14. The zero-order chi connectivity index (χ0) is 17.1. The van der Waals surface area contributed by atoms with Crippen molar-refractivity contribution in [2.75, 3.05) is 14.1 Å². The molecule has 0 spiro atoms. The van der Waals surface area contributed by atoms with Gasteiger partial charge in [-0.1, -0.05) is 31.6 Å². The molecule has 3 nitrogen and oxygen atoms in total. The Hall–Kier alpha value is -0.640. The summed E-state index contributed by atoms with van der Waals surface area (Å²) in [5.74, 6) is 1.29. The second-order valence-electron chi connectivity index (χ2n) is 9.13. The fourth-order valence-electron chi connectivity index (χ4n) is 6.79. The van der Waals surface area contributed by atoms with E-state index in [0.717, 1.165) is 6.42 Å². The van der Waals surface area contributed by atoms with E-state index in [1.807, 2.05) is 0 Å². The van der Waals surface area contributed by atoms with Crippen LogP contribution in [0.15, 0.2) is 23.3 Å². The number of aliphatic hydroxyl groups is 1. The van der Waals surface area contributed by atoms with Crippen LogP contribution < -0.4 is 10.6 Å². The first-order valence-electron chi connectivity index (χ1n) is 9.89. The Bertz CT molecular complexity index is 582. The van der Waals surface area contributed by atoms with Gasteiger partial charge in [-0.25, -0.2) is 0 Å². The molecule has 1 fully saturated rings. The van der Waals surface area contributed by atoms with E-state index in [-0.39, 0.29) is 11.5 Å². The lowest BCUT2D eigenvalue weighted by Crippen LogP contribution is -2.52. The Morgan fingerprint density at radius 2 is 1.92 bits per heavy atom. The van der Waals surface area contributed by atoms with Gasteiger partial charge >= 0.3 is 0 Å². The standard InChI is InChI=1S/C21H34N2O/c1-20-9-7-14(24)11-13(20)12-17(22-3)19-15-5-6-18(23-4)21(15,2)10-8-16(19)20/h7,9,13-15,17-18,22-24H,5-6,8,10-12H2,1-4H3/t13-,14?,15-,17-,18-,20-,21-/m0/s1. The summed E-state index contributed by atoms with van der Waals surface area (Å²) in [7, 11) is 4.27. The van der Waals surface area contributed by atoms with E-state index in [4.69, 9.17) is 0 Å². The Labute approximate surface area is 147 Å². The Morgan fingerprint density at radius 1 is 1.12 bits per heavy atom. The van der Waals surface area contributed by atoms with Crippen molar-refractivity contribution >= 4 is 0 Å². The molecule has 0 heterocycles. The first kappa shape index (κ1) is 16.8. The number of hydrogen-bond acceptors (Lipinski definition) is 3. The Balaban J connectivity index is 1.82. The van der Waals surface area contributed by atoms with E-state index in [1.54, 1.807) is 11.1 Å². The summed E-state index contributed by atoms with van der Waals surface area (Å²) in [6.07, 6.45) is 11.4. The quantitative estimate of drug-likeness (QED) is 0.682. The van der Waals surface area contributed by atoms with Crippen molar-refractivity contribution in [2.45, 2.75) is 70.6 Å². The minimum absolute atomic E-state index is 0.168. The van der Waals surface area contributed by atoms with Crippen molar-refractivity contribution in [1.82, 2.24) is 10.6 Å². The molecule has 4 rings (SSSR count). The topological polar surface area (TPSA) is 44.3 Å². The number of rotatable bonds is 2. The fourth-order valence-corrected chi connectivity index (χ4v) is 6.79. The third-order valence-corrected chi connectivity index (χ3v) is 8.26. The van der Waals surface area contributed by atoms with Crippen molar-refractivity contribution in [3.05, 3.63) is 23.3 Å². The van der Waals surface area contributed by atoms with Crippen molar-refractivity contribution in [3.63, 3.8) is 0 Å². The van der Waals surface area contributed by atoms with Crippen LogP contribution in [0.3, 0.4) is 0 Å². The van der Waals surface area contributed by atoms with E-state index >= 15 is 0 Å². The zero-order valence-electron chi connectivity index (χ0n) is 15.7. The van der Waals surface area contributed by atoms with Gasteiger partial charge < -0.3 is 15.7 Å². The highest BCUT2D eigenvalue weighted by molar-refractivity contribution is 5.41. The van der Waals surface area contributed by atoms with Crippen LogP contribution in [0, 0.1) is 22.7 Å². The average Bonchev–Trinajstić information content (AvgIpc) is 2.91. The minimum atomic E-state index is -0.253. The highest BCUT2D eigenvalue weighted by Crippen LogP contribution is 2.62. The monoisotopic (exact) mass is 330 g/mol. The Kier molecular flexibility index (Phi) is 3.98. The van der Waals surface area contributed by atoms with Gasteiger partial charge in [0.25, 0.3) is 0 Å². The van der Waals surface area contributed by atoms with Crippen molar-refractivity contribution in [1.29, 1.82) is 0 Å². The molecule has 3 N–H and O–H groups in total. The molecule has 3 heteroatoms. The molecular formula is C21H34N2O. The number of hydrogen-bond donors (Lipinski definition) is 3. The smallest absolute Gasteiger partial charge is 0.0724 e. The van der Waals surface area contributed by atoms with Gasteiger partial charge in [-0.3, -0.25) is 0 Å². The first-order chi connectivity index (χ1) is 11.4. The predicted octanol–water partition coefficient (Wildman–Crippen LogP) is 3.02. The molecule has 0 radical (unpaired) electrons. The van der Waals surface area contributed by atoms with E-state index in [1.165, 1.54) is 32.1 Å². The lowest BCUT2D eigenvalue weighted by Gasteiger charge is -2.55. The molecule has 0 aromatic carbocycles. The summed E-state index contributed by atoms with van der Waals surface area (Å²) in [5, 5.41) is 17.4. The molecule has 24 heavy (non-hydrogen) atoms. The number of aliphatic hydroxyl groups excluding tert-OH is 1. The number of nitrogens with one attached hydrogen (secondary N) is 2. The molecule has 0 aromatic heterocycles. The molecule has 0 saturated heterocycles. The van der Waals surface area contributed by atoms with Crippen molar-refractivity contribution in [2.24, 2.45) is 22.7 Å². The number of fused-ring (bicyclic) bond motifs is 4. The van der Waals surface area contributed by atoms with Crippen LogP contribution in [0.25, 0.3) is 0 Å². The fraction of sp³-hybridized carbons (Fsp3) is 0.810. The minimum Gasteiger partial charge on any atom is -0.389 e.